The number of hydrogen-bond acceptors (Lipinski definition) is 3. The van der Waals surface area contributed by atoms with E-state index in [4.69, 9.17) is 5.11 Å². The molecule has 0 spiro atoms. The van der Waals surface area contributed by atoms with Crippen LogP contribution in [-0.4, -0.2) is 22.0 Å². The topological polar surface area (TPSA) is 79.3 Å². The first kappa shape index (κ1) is 13.5. The molecule has 2 rings (SSSR count). The average Bonchev–Trinajstić information content (AvgIpc) is 2.71. The number of rotatable bonds is 3. The van der Waals surface area contributed by atoms with E-state index < -0.39 is 29.7 Å². The van der Waals surface area contributed by atoms with Crippen LogP contribution in [0.2, 0.25) is 0 Å². The van der Waals surface area contributed by atoms with Crippen LogP contribution in [-0.2, 0) is 9.59 Å². The summed E-state index contributed by atoms with van der Waals surface area (Å²) < 4.78 is 12.9. The highest BCUT2D eigenvalue weighted by Gasteiger charge is 2.41. The van der Waals surface area contributed by atoms with E-state index >= 15 is 0 Å². The van der Waals surface area contributed by atoms with Crippen molar-refractivity contribution in [3.8, 4) is 0 Å². The largest absolute Gasteiger partial charge is 0.481 e. The number of halogens is 1. The Morgan fingerprint density at radius 1 is 1.37 bits per heavy atom. The van der Waals surface area contributed by atoms with Crippen LogP contribution in [0.5, 0.6) is 0 Å². The van der Waals surface area contributed by atoms with Crippen LogP contribution in [0.1, 0.15) is 19.8 Å². The molecule has 1 amide bonds. The minimum absolute atomic E-state index is 0.105. The van der Waals surface area contributed by atoms with Gasteiger partial charge in [-0.05, 0) is 30.9 Å². The SMILES string of the molecule is CC1CC(C(=O)O)C(C(=O)Nc2cccc(F)n2)C1. The summed E-state index contributed by atoms with van der Waals surface area (Å²) in [5.41, 5.74) is 0. The lowest BCUT2D eigenvalue weighted by Gasteiger charge is -2.15. The van der Waals surface area contributed by atoms with Crippen molar-refractivity contribution >= 4 is 17.7 Å². The molecule has 1 aromatic rings. The Morgan fingerprint density at radius 2 is 2.05 bits per heavy atom. The number of carboxylic acids is 1. The van der Waals surface area contributed by atoms with E-state index in [1.807, 2.05) is 6.92 Å². The Hall–Kier alpha value is -1.98. The standard InChI is InChI=1S/C13H15FN2O3/c1-7-5-8(9(6-7)13(18)19)12(17)16-11-4-2-3-10(14)15-11/h2-4,7-9H,5-6H2,1H3,(H,18,19)(H,15,16,17). The third-order valence-corrected chi connectivity index (χ3v) is 3.42. The number of nitrogens with zero attached hydrogens (tertiary/aromatic N) is 1. The van der Waals surface area contributed by atoms with Crippen molar-refractivity contribution in [3.05, 3.63) is 24.1 Å². The molecule has 1 fully saturated rings. The Labute approximate surface area is 109 Å². The van der Waals surface area contributed by atoms with Gasteiger partial charge in [-0.3, -0.25) is 9.59 Å². The van der Waals surface area contributed by atoms with E-state index in [0.717, 1.165) is 0 Å². The van der Waals surface area contributed by atoms with Crippen molar-refractivity contribution in [2.75, 3.05) is 5.32 Å². The number of aromatic nitrogens is 1. The quantitative estimate of drug-likeness (QED) is 0.819. The number of amides is 1. The first-order valence-corrected chi connectivity index (χ1v) is 6.13. The number of nitrogens with one attached hydrogen (secondary N) is 1. The summed E-state index contributed by atoms with van der Waals surface area (Å²) in [6.07, 6.45) is 1.02. The van der Waals surface area contributed by atoms with Gasteiger partial charge in [0.15, 0.2) is 0 Å². The van der Waals surface area contributed by atoms with Crippen molar-refractivity contribution in [3.63, 3.8) is 0 Å². The van der Waals surface area contributed by atoms with Gasteiger partial charge in [0.25, 0.3) is 0 Å². The molecule has 1 heterocycles. The summed E-state index contributed by atoms with van der Waals surface area (Å²) >= 11 is 0. The zero-order chi connectivity index (χ0) is 14.0. The molecule has 1 saturated carbocycles. The zero-order valence-electron chi connectivity index (χ0n) is 10.5. The molecule has 3 unspecified atom stereocenters. The zero-order valence-corrected chi connectivity index (χ0v) is 10.5. The summed E-state index contributed by atoms with van der Waals surface area (Å²) in [5, 5.41) is 11.6. The monoisotopic (exact) mass is 266 g/mol. The van der Waals surface area contributed by atoms with E-state index in [1.54, 1.807) is 0 Å². The summed E-state index contributed by atoms with van der Waals surface area (Å²) in [7, 11) is 0. The molecule has 19 heavy (non-hydrogen) atoms. The van der Waals surface area contributed by atoms with Crippen molar-refractivity contribution in [1.82, 2.24) is 4.98 Å². The molecule has 0 saturated heterocycles. The number of hydrogen-bond donors (Lipinski definition) is 2. The Bertz CT molecular complexity index is 506. The average molecular weight is 266 g/mol. The van der Waals surface area contributed by atoms with Crippen molar-refractivity contribution < 1.29 is 19.1 Å². The molecular weight excluding hydrogens is 251 g/mol. The van der Waals surface area contributed by atoms with Crippen LogP contribution in [0.15, 0.2) is 18.2 Å². The van der Waals surface area contributed by atoms with Gasteiger partial charge >= 0.3 is 5.97 Å². The molecule has 0 bridgehead atoms. The van der Waals surface area contributed by atoms with Gasteiger partial charge in [-0.15, -0.1) is 0 Å². The summed E-state index contributed by atoms with van der Waals surface area (Å²) in [4.78, 5) is 26.7. The molecule has 1 aliphatic rings. The third-order valence-electron chi connectivity index (χ3n) is 3.42. The molecule has 1 aromatic heterocycles. The number of anilines is 1. The number of carbonyl (C=O) groups is 2. The van der Waals surface area contributed by atoms with Crippen LogP contribution in [0.3, 0.4) is 0 Å². The molecule has 2 N–H and O–H groups in total. The van der Waals surface area contributed by atoms with E-state index in [2.05, 4.69) is 10.3 Å². The molecule has 0 radical (unpaired) electrons. The summed E-state index contributed by atoms with van der Waals surface area (Å²) in [6.45, 7) is 1.92. The Balaban J connectivity index is 2.09. The predicted molar refractivity (Wildman–Crippen MR) is 65.8 cm³/mol. The smallest absolute Gasteiger partial charge is 0.307 e. The van der Waals surface area contributed by atoms with Gasteiger partial charge in [0.2, 0.25) is 11.9 Å². The van der Waals surface area contributed by atoms with Gasteiger partial charge < -0.3 is 10.4 Å². The van der Waals surface area contributed by atoms with Crippen LogP contribution in [0.4, 0.5) is 10.2 Å². The molecule has 0 aromatic carbocycles. The molecule has 102 valence electrons. The highest BCUT2D eigenvalue weighted by Crippen LogP contribution is 2.37. The van der Waals surface area contributed by atoms with Gasteiger partial charge in [-0.2, -0.15) is 4.39 Å². The van der Waals surface area contributed by atoms with Gasteiger partial charge in [0.1, 0.15) is 5.82 Å². The first-order valence-electron chi connectivity index (χ1n) is 6.13. The van der Waals surface area contributed by atoms with E-state index in [-0.39, 0.29) is 11.7 Å². The molecule has 1 aliphatic carbocycles. The highest BCUT2D eigenvalue weighted by atomic mass is 19.1. The fourth-order valence-electron chi connectivity index (χ4n) is 2.55. The highest BCUT2D eigenvalue weighted by molar-refractivity contribution is 5.94. The fraction of sp³-hybridized carbons (Fsp3) is 0.462. The maximum absolute atomic E-state index is 12.9. The van der Waals surface area contributed by atoms with Gasteiger partial charge in [-0.1, -0.05) is 13.0 Å². The fourth-order valence-corrected chi connectivity index (χ4v) is 2.55. The van der Waals surface area contributed by atoms with Crippen molar-refractivity contribution in [1.29, 1.82) is 0 Å². The van der Waals surface area contributed by atoms with Crippen molar-refractivity contribution in [2.24, 2.45) is 17.8 Å². The van der Waals surface area contributed by atoms with Gasteiger partial charge in [0, 0.05) is 0 Å². The molecule has 3 atom stereocenters. The predicted octanol–water partition coefficient (Wildman–Crippen LogP) is 1.91. The minimum Gasteiger partial charge on any atom is -0.481 e. The minimum atomic E-state index is -0.961. The second-order valence-electron chi connectivity index (χ2n) is 4.96. The number of pyridine rings is 1. The Morgan fingerprint density at radius 3 is 2.68 bits per heavy atom. The van der Waals surface area contributed by atoms with E-state index in [0.29, 0.717) is 12.8 Å². The normalized spacial score (nSPS) is 26.1. The molecule has 0 aliphatic heterocycles. The van der Waals surface area contributed by atoms with Crippen LogP contribution >= 0.6 is 0 Å². The lowest BCUT2D eigenvalue weighted by atomic mass is 9.95. The number of carbonyl (C=O) groups excluding carboxylic acids is 1. The second kappa shape index (κ2) is 5.34. The third kappa shape index (κ3) is 3.07. The number of aliphatic carboxylic acids is 1. The summed E-state index contributed by atoms with van der Waals surface area (Å²) in [5.74, 6) is -3.02. The van der Waals surface area contributed by atoms with E-state index in [1.165, 1.54) is 18.2 Å². The van der Waals surface area contributed by atoms with Crippen LogP contribution in [0.25, 0.3) is 0 Å². The first-order chi connectivity index (χ1) is 8.97. The van der Waals surface area contributed by atoms with Crippen LogP contribution < -0.4 is 5.32 Å². The lowest BCUT2D eigenvalue weighted by Crippen LogP contribution is -2.30. The molecule has 5 nitrogen and oxygen atoms in total. The maximum atomic E-state index is 12.9. The molecule has 6 heteroatoms. The summed E-state index contributed by atoms with van der Waals surface area (Å²) in [6, 6.07) is 4.08. The molecular formula is C13H15FN2O3. The maximum Gasteiger partial charge on any atom is 0.307 e. The lowest BCUT2D eigenvalue weighted by molar-refractivity contribution is -0.145. The number of carboxylic acid groups (broad SMARTS) is 1. The van der Waals surface area contributed by atoms with Gasteiger partial charge in [-0.25, -0.2) is 4.98 Å². The second-order valence-corrected chi connectivity index (χ2v) is 4.96. The van der Waals surface area contributed by atoms with Crippen molar-refractivity contribution in [2.45, 2.75) is 19.8 Å². The van der Waals surface area contributed by atoms with E-state index in [9.17, 15) is 14.0 Å². The Kier molecular flexibility index (Phi) is 3.78. The van der Waals surface area contributed by atoms with Gasteiger partial charge in [0.05, 0.1) is 11.8 Å². The van der Waals surface area contributed by atoms with Crippen LogP contribution in [0, 0.1) is 23.7 Å².